The van der Waals surface area contributed by atoms with Crippen molar-refractivity contribution in [1.82, 2.24) is 5.32 Å². The molecule has 0 saturated carbocycles. The zero-order valence-electron chi connectivity index (χ0n) is 15.2. The van der Waals surface area contributed by atoms with Crippen LogP contribution in [0.2, 0.25) is 0 Å². The van der Waals surface area contributed by atoms with Crippen molar-refractivity contribution in [2.45, 2.75) is 63.2 Å². The minimum atomic E-state index is -3.67. The highest BCUT2D eigenvalue weighted by molar-refractivity contribution is 7.94. The quantitative estimate of drug-likeness (QED) is 0.701. The first-order valence-corrected chi connectivity index (χ1v) is 10.0. The number of sulfone groups is 1. The molecule has 0 aliphatic carbocycles. The molecule has 1 unspecified atom stereocenters. The Labute approximate surface area is 148 Å². The average Bonchev–Trinajstić information content (AvgIpc) is 3.04. The van der Waals surface area contributed by atoms with Crippen molar-refractivity contribution in [1.29, 1.82) is 0 Å². The minimum absolute atomic E-state index is 0.0977. The van der Waals surface area contributed by atoms with Gasteiger partial charge in [-0.3, -0.25) is 4.79 Å². The van der Waals surface area contributed by atoms with E-state index in [0.29, 0.717) is 38.2 Å². The third kappa shape index (κ3) is 3.98. The van der Waals surface area contributed by atoms with Crippen LogP contribution in [0.1, 0.15) is 47.0 Å². The molecule has 144 valence electrons. The standard InChI is InChI=1S/C16H28N2O6S/c1-15(2,10-19)12-9-13(24-18-12)17-14(20)16(3,4)25(21,22)11-5-7-23-8-6-11/h11,13,19H,5-10H2,1-4H3,(H,17,20). The first kappa shape index (κ1) is 20.1. The number of rotatable bonds is 6. The summed E-state index contributed by atoms with van der Waals surface area (Å²) in [5, 5.41) is 15.4. The molecule has 2 rings (SSSR count). The lowest BCUT2D eigenvalue weighted by molar-refractivity contribution is -0.126. The third-order valence-corrected chi connectivity index (χ3v) is 7.96. The van der Waals surface area contributed by atoms with Crippen LogP contribution < -0.4 is 5.32 Å². The third-order valence-electron chi connectivity index (χ3n) is 5.00. The van der Waals surface area contributed by atoms with Crippen LogP contribution in [-0.2, 0) is 24.2 Å². The molecule has 1 amide bonds. The first-order chi connectivity index (χ1) is 11.5. The lowest BCUT2D eigenvalue weighted by atomic mass is 9.86. The SMILES string of the molecule is CC(C)(CO)C1=NOC(NC(=O)C(C)(C)S(=O)(=O)C2CCOCC2)C1. The van der Waals surface area contributed by atoms with Crippen LogP contribution in [0.25, 0.3) is 0 Å². The molecule has 2 aliphatic rings. The van der Waals surface area contributed by atoms with E-state index >= 15 is 0 Å². The van der Waals surface area contributed by atoms with E-state index in [4.69, 9.17) is 9.57 Å². The molecule has 0 aromatic carbocycles. The minimum Gasteiger partial charge on any atom is -0.395 e. The lowest BCUT2D eigenvalue weighted by Crippen LogP contribution is -2.54. The maximum atomic E-state index is 12.9. The van der Waals surface area contributed by atoms with E-state index < -0.39 is 37.4 Å². The Morgan fingerprint density at radius 1 is 1.28 bits per heavy atom. The van der Waals surface area contributed by atoms with Gasteiger partial charge in [0.2, 0.25) is 12.1 Å². The number of hydrogen-bond acceptors (Lipinski definition) is 7. The van der Waals surface area contributed by atoms with Gasteiger partial charge in [-0.25, -0.2) is 8.42 Å². The van der Waals surface area contributed by atoms with Gasteiger partial charge in [0, 0.05) is 25.0 Å². The van der Waals surface area contributed by atoms with Crippen molar-refractivity contribution in [3.63, 3.8) is 0 Å². The molecule has 0 spiro atoms. The van der Waals surface area contributed by atoms with Gasteiger partial charge in [-0.2, -0.15) is 0 Å². The highest BCUT2D eigenvalue weighted by Crippen LogP contribution is 2.29. The fourth-order valence-electron chi connectivity index (χ4n) is 2.80. The highest BCUT2D eigenvalue weighted by Gasteiger charge is 2.47. The number of nitrogens with zero attached hydrogens (tertiary/aromatic N) is 1. The number of carbonyl (C=O) groups is 1. The Balaban J connectivity index is 2.03. The van der Waals surface area contributed by atoms with E-state index in [1.165, 1.54) is 13.8 Å². The van der Waals surface area contributed by atoms with Gasteiger partial charge >= 0.3 is 0 Å². The number of ether oxygens (including phenoxy) is 1. The van der Waals surface area contributed by atoms with E-state index in [2.05, 4.69) is 10.5 Å². The summed E-state index contributed by atoms with van der Waals surface area (Å²) in [5.41, 5.74) is 0.0776. The van der Waals surface area contributed by atoms with Gasteiger partial charge in [-0.05, 0) is 26.7 Å². The zero-order valence-corrected chi connectivity index (χ0v) is 16.1. The van der Waals surface area contributed by atoms with Crippen molar-refractivity contribution in [2.24, 2.45) is 10.6 Å². The van der Waals surface area contributed by atoms with E-state index in [1.807, 2.05) is 13.8 Å². The second-order valence-electron chi connectivity index (χ2n) is 7.72. The fourth-order valence-corrected chi connectivity index (χ4v) is 4.76. The van der Waals surface area contributed by atoms with Crippen LogP contribution in [0.5, 0.6) is 0 Å². The van der Waals surface area contributed by atoms with Crippen molar-refractivity contribution >= 4 is 21.5 Å². The molecule has 2 heterocycles. The molecular formula is C16H28N2O6S. The van der Waals surface area contributed by atoms with Gasteiger partial charge < -0.3 is 20.0 Å². The number of oxime groups is 1. The Morgan fingerprint density at radius 3 is 2.44 bits per heavy atom. The van der Waals surface area contributed by atoms with Gasteiger partial charge in [0.25, 0.3) is 0 Å². The van der Waals surface area contributed by atoms with Gasteiger partial charge in [-0.1, -0.05) is 19.0 Å². The van der Waals surface area contributed by atoms with Gasteiger partial charge in [0.1, 0.15) is 4.75 Å². The van der Waals surface area contributed by atoms with Crippen LogP contribution in [0.4, 0.5) is 0 Å². The Bertz CT molecular complexity index is 635. The molecular weight excluding hydrogens is 348 g/mol. The fraction of sp³-hybridized carbons (Fsp3) is 0.875. The molecule has 8 nitrogen and oxygen atoms in total. The van der Waals surface area contributed by atoms with Crippen LogP contribution in [0.3, 0.4) is 0 Å². The summed E-state index contributed by atoms with van der Waals surface area (Å²) in [6, 6.07) is 0. The van der Waals surface area contributed by atoms with Gasteiger partial charge in [-0.15, -0.1) is 0 Å². The number of hydrogen-bond donors (Lipinski definition) is 2. The van der Waals surface area contributed by atoms with Crippen molar-refractivity contribution < 1.29 is 27.9 Å². The summed E-state index contributed by atoms with van der Waals surface area (Å²) in [6.45, 7) is 7.15. The molecule has 1 fully saturated rings. The molecule has 2 aliphatic heterocycles. The molecule has 1 saturated heterocycles. The summed E-state index contributed by atoms with van der Waals surface area (Å²) < 4.78 is 29.4. The number of amides is 1. The van der Waals surface area contributed by atoms with E-state index in [-0.39, 0.29) is 6.61 Å². The average molecular weight is 376 g/mol. The molecule has 0 aromatic rings. The molecule has 0 aromatic heterocycles. The maximum Gasteiger partial charge on any atom is 0.243 e. The predicted octanol–water partition coefficient (Wildman–Crippen LogP) is 0.596. The zero-order chi connectivity index (χ0) is 18.9. The van der Waals surface area contributed by atoms with E-state index in [0.717, 1.165) is 0 Å². The summed E-state index contributed by atoms with van der Waals surface area (Å²) in [7, 11) is -3.67. The van der Waals surface area contributed by atoms with E-state index in [9.17, 15) is 18.3 Å². The summed E-state index contributed by atoms with van der Waals surface area (Å²) in [5.74, 6) is -0.609. The molecule has 9 heteroatoms. The van der Waals surface area contributed by atoms with Crippen molar-refractivity contribution in [3.05, 3.63) is 0 Å². The van der Waals surface area contributed by atoms with Crippen LogP contribution in [-0.4, -0.2) is 61.2 Å². The van der Waals surface area contributed by atoms with E-state index in [1.54, 1.807) is 0 Å². The Hall–Kier alpha value is -1.19. The second-order valence-corrected chi connectivity index (χ2v) is 10.5. The Morgan fingerprint density at radius 2 is 1.88 bits per heavy atom. The molecule has 2 N–H and O–H groups in total. The largest absolute Gasteiger partial charge is 0.395 e. The molecule has 25 heavy (non-hydrogen) atoms. The molecule has 0 bridgehead atoms. The van der Waals surface area contributed by atoms with Crippen LogP contribution >= 0.6 is 0 Å². The van der Waals surface area contributed by atoms with Gasteiger partial charge in [0.15, 0.2) is 9.84 Å². The topological polar surface area (TPSA) is 114 Å². The predicted molar refractivity (Wildman–Crippen MR) is 92.8 cm³/mol. The van der Waals surface area contributed by atoms with Crippen molar-refractivity contribution in [2.75, 3.05) is 19.8 Å². The monoisotopic (exact) mass is 376 g/mol. The summed E-state index contributed by atoms with van der Waals surface area (Å²) in [4.78, 5) is 17.8. The summed E-state index contributed by atoms with van der Waals surface area (Å²) in [6.07, 6.45) is 0.387. The smallest absolute Gasteiger partial charge is 0.243 e. The number of nitrogens with one attached hydrogen (secondary N) is 1. The summed E-state index contributed by atoms with van der Waals surface area (Å²) >= 11 is 0. The second kappa shape index (κ2) is 7.20. The maximum absolute atomic E-state index is 12.9. The van der Waals surface area contributed by atoms with Gasteiger partial charge in [0.05, 0.1) is 17.6 Å². The van der Waals surface area contributed by atoms with Crippen molar-refractivity contribution in [3.8, 4) is 0 Å². The molecule has 0 radical (unpaired) electrons. The normalized spacial score (nSPS) is 23.1. The Kier molecular flexibility index (Phi) is 5.80. The lowest BCUT2D eigenvalue weighted by Gasteiger charge is -2.31. The first-order valence-electron chi connectivity index (χ1n) is 8.48. The highest BCUT2D eigenvalue weighted by atomic mass is 32.2. The number of carbonyl (C=O) groups excluding carboxylic acids is 1. The number of aliphatic hydroxyl groups is 1. The van der Waals surface area contributed by atoms with Crippen LogP contribution in [0, 0.1) is 5.41 Å². The molecule has 1 atom stereocenters. The van der Waals surface area contributed by atoms with Crippen LogP contribution in [0.15, 0.2) is 5.16 Å². The number of aliphatic hydroxyl groups excluding tert-OH is 1.